The van der Waals surface area contributed by atoms with Crippen LogP contribution in [0.1, 0.15) is 35.7 Å². The minimum Gasteiger partial charge on any atom is -0.449 e. The smallest absolute Gasteiger partial charge is 0.338 e. The van der Waals surface area contributed by atoms with Gasteiger partial charge in [-0.15, -0.1) is 0 Å². The number of benzene rings is 2. The normalized spacial score (nSPS) is 16.9. The van der Waals surface area contributed by atoms with Crippen LogP contribution in [0.3, 0.4) is 0 Å². The molecule has 1 aliphatic heterocycles. The predicted molar refractivity (Wildman–Crippen MR) is 107 cm³/mol. The maximum Gasteiger partial charge on any atom is 0.338 e. The molecule has 152 valence electrons. The van der Waals surface area contributed by atoms with Gasteiger partial charge in [0.15, 0.2) is 6.10 Å². The Morgan fingerprint density at radius 3 is 2.66 bits per heavy atom. The summed E-state index contributed by atoms with van der Waals surface area (Å²) in [6.45, 7) is 2.07. The van der Waals surface area contributed by atoms with Crippen molar-refractivity contribution in [2.24, 2.45) is 0 Å². The number of anilines is 1. The number of para-hydroxylation sites is 1. The highest BCUT2D eigenvalue weighted by atomic mass is 32.2. The van der Waals surface area contributed by atoms with Crippen molar-refractivity contribution in [2.75, 3.05) is 11.4 Å². The quantitative estimate of drug-likeness (QED) is 0.732. The number of fused-ring (bicyclic) bond motifs is 1. The van der Waals surface area contributed by atoms with Gasteiger partial charge in [-0.25, -0.2) is 17.9 Å². The van der Waals surface area contributed by atoms with Crippen LogP contribution in [0.15, 0.2) is 53.4 Å². The fourth-order valence-corrected chi connectivity index (χ4v) is 4.69. The average molecular weight is 414 g/mol. The summed E-state index contributed by atoms with van der Waals surface area (Å²) in [5.74, 6) is -1.04. The number of nitrogens with one attached hydrogen (secondary N) is 1. The Kier molecular flexibility index (Phi) is 5.14. The number of carbonyl (C=O) groups is 2. The van der Waals surface area contributed by atoms with Gasteiger partial charge in [0, 0.05) is 18.3 Å². The van der Waals surface area contributed by atoms with E-state index in [1.54, 1.807) is 4.90 Å². The van der Waals surface area contributed by atoms with Gasteiger partial charge >= 0.3 is 5.97 Å². The molecule has 0 aromatic heterocycles. The van der Waals surface area contributed by atoms with Crippen molar-refractivity contribution in [3.63, 3.8) is 0 Å². The standard InChI is InChI=1S/C21H22N2O5S/c1-14(20(24)23-12-11-15-5-2-3-8-19(15)23)28-21(25)16-6-4-7-18(13-16)29(26,27)22-17-9-10-17/h2-8,13-14,17,22H,9-12H2,1H3. The van der Waals surface area contributed by atoms with Crippen molar-refractivity contribution in [3.8, 4) is 0 Å². The van der Waals surface area contributed by atoms with E-state index in [1.165, 1.54) is 31.2 Å². The number of hydrogen-bond donors (Lipinski definition) is 1. The van der Waals surface area contributed by atoms with E-state index in [2.05, 4.69) is 4.72 Å². The fourth-order valence-electron chi connectivity index (χ4n) is 3.34. The van der Waals surface area contributed by atoms with Crippen molar-refractivity contribution in [3.05, 3.63) is 59.7 Å². The molecule has 2 aromatic carbocycles. The van der Waals surface area contributed by atoms with E-state index >= 15 is 0 Å². The number of carbonyl (C=O) groups excluding carboxylic acids is 2. The topological polar surface area (TPSA) is 92.8 Å². The Hall–Kier alpha value is -2.71. The molecule has 0 bridgehead atoms. The molecule has 0 radical (unpaired) electrons. The second-order valence-electron chi connectivity index (χ2n) is 7.34. The molecule has 1 fully saturated rings. The second kappa shape index (κ2) is 7.61. The number of sulfonamides is 1. The maximum atomic E-state index is 12.8. The lowest BCUT2D eigenvalue weighted by atomic mass is 10.2. The van der Waals surface area contributed by atoms with E-state index in [4.69, 9.17) is 4.74 Å². The maximum absolute atomic E-state index is 12.8. The van der Waals surface area contributed by atoms with Crippen LogP contribution < -0.4 is 9.62 Å². The highest BCUT2D eigenvalue weighted by molar-refractivity contribution is 7.89. The molecule has 1 unspecified atom stereocenters. The lowest BCUT2D eigenvalue weighted by molar-refractivity contribution is -0.126. The van der Waals surface area contributed by atoms with Crippen LogP contribution in [0.4, 0.5) is 5.69 Å². The zero-order valence-electron chi connectivity index (χ0n) is 16.0. The van der Waals surface area contributed by atoms with Gasteiger partial charge in [0.2, 0.25) is 10.0 Å². The third-order valence-corrected chi connectivity index (χ3v) is 6.58. The molecule has 1 heterocycles. The third-order valence-electron chi connectivity index (χ3n) is 5.06. The summed E-state index contributed by atoms with van der Waals surface area (Å²) in [6.07, 6.45) is 1.41. The van der Waals surface area contributed by atoms with E-state index in [9.17, 15) is 18.0 Å². The van der Waals surface area contributed by atoms with Crippen LogP contribution in [0, 0.1) is 0 Å². The predicted octanol–water partition coefficient (Wildman–Crippen LogP) is 2.26. The van der Waals surface area contributed by atoms with Crippen molar-refractivity contribution in [1.82, 2.24) is 4.72 Å². The molecule has 0 spiro atoms. The van der Waals surface area contributed by atoms with Gasteiger partial charge in [-0.3, -0.25) is 4.79 Å². The number of amides is 1. The Bertz CT molecular complexity index is 1060. The van der Waals surface area contributed by atoms with Gasteiger partial charge < -0.3 is 9.64 Å². The third kappa shape index (κ3) is 4.18. The van der Waals surface area contributed by atoms with Crippen LogP contribution in [0.25, 0.3) is 0 Å². The summed E-state index contributed by atoms with van der Waals surface area (Å²) >= 11 is 0. The van der Waals surface area contributed by atoms with Crippen LogP contribution >= 0.6 is 0 Å². The van der Waals surface area contributed by atoms with Crippen LogP contribution in [0.5, 0.6) is 0 Å². The largest absolute Gasteiger partial charge is 0.449 e. The first-order valence-electron chi connectivity index (χ1n) is 9.58. The molecule has 4 rings (SSSR count). The number of ether oxygens (including phenoxy) is 1. The number of esters is 1. The fraction of sp³-hybridized carbons (Fsp3) is 0.333. The Balaban J connectivity index is 1.45. The van der Waals surface area contributed by atoms with Gasteiger partial charge in [0.1, 0.15) is 0 Å². The van der Waals surface area contributed by atoms with Crippen molar-refractivity contribution < 1.29 is 22.7 Å². The molecule has 8 heteroatoms. The van der Waals surface area contributed by atoms with Crippen molar-refractivity contribution >= 4 is 27.6 Å². The Labute approximate surface area is 169 Å². The molecule has 2 aliphatic rings. The van der Waals surface area contributed by atoms with Crippen LogP contribution in [-0.4, -0.2) is 39.0 Å². The molecule has 29 heavy (non-hydrogen) atoms. The first-order chi connectivity index (χ1) is 13.8. The minimum absolute atomic E-state index is 0.00583. The zero-order valence-corrected chi connectivity index (χ0v) is 16.8. The molecule has 2 aromatic rings. The van der Waals surface area contributed by atoms with E-state index in [0.29, 0.717) is 6.54 Å². The summed E-state index contributed by atoms with van der Waals surface area (Å²) in [5, 5.41) is 0. The molecule has 1 atom stereocenters. The van der Waals surface area contributed by atoms with Gasteiger partial charge in [-0.2, -0.15) is 0 Å². The van der Waals surface area contributed by atoms with Gasteiger partial charge in [0.25, 0.3) is 5.91 Å². The number of rotatable bonds is 6. The molecule has 1 N–H and O–H groups in total. The van der Waals surface area contributed by atoms with Gasteiger partial charge in [-0.1, -0.05) is 24.3 Å². The van der Waals surface area contributed by atoms with Gasteiger partial charge in [-0.05, 0) is 56.0 Å². The molecule has 7 nitrogen and oxygen atoms in total. The Morgan fingerprint density at radius 2 is 1.90 bits per heavy atom. The van der Waals surface area contributed by atoms with Gasteiger partial charge in [0.05, 0.1) is 10.5 Å². The highest BCUT2D eigenvalue weighted by Gasteiger charge is 2.31. The lowest BCUT2D eigenvalue weighted by Crippen LogP contribution is -2.39. The summed E-state index contributed by atoms with van der Waals surface area (Å²) in [6, 6.07) is 13.3. The molecular formula is C21H22N2O5S. The van der Waals surface area contributed by atoms with Crippen molar-refractivity contribution in [2.45, 2.75) is 43.2 Å². The van der Waals surface area contributed by atoms with E-state index in [-0.39, 0.29) is 22.4 Å². The molecule has 1 amide bonds. The molecular weight excluding hydrogens is 392 g/mol. The number of nitrogens with zero attached hydrogens (tertiary/aromatic N) is 1. The van der Waals surface area contributed by atoms with Crippen LogP contribution in [0.2, 0.25) is 0 Å². The average Bonchev–Trinajstić information content (AvgIpc) is 3.41. The minimum atomic E-state index is -3.68. The summed E-state index contributed by atoms with van der Waals surface area (Å²) < 4.78 is 32.6. The summed E-state index contributed by atoms with van der Waals surface area (Å²) in [7, 11) is -3.68. The van der Waals surface area contributed by atoms with E-state index in [1.807, 2.05) is 24.3 Å². The monoisotopic (exact) mass is 414 g/mol. The zero-order chi connectivity index (χ0) is 20.6. The van der Waals surface area contributed by atoms with E-state index in [0.717, 1.165) is 30.5 Å². The second-order valence-corrected chi connectivity index (χ2v) is 9.05. The van der Waals surface area contributed by atoms with E-state index < -0.39 is 22.1 Å². The number of hydrogen-bond acceptors (Lipinski definition) is 5. The highest BCUT2D eigenvalue weighted by Crippen LogP contribution is 2.28. The SMILES string of the molecule is CC(OC(=O)c1cccc(S(=O)(=O)NC2CC2)c1)C(=O)N1CCc2ccccc21. The van der Waals surface area contributed by atoms with Crippen LogP contribution in [-0.2, 0) is 26.0 Å². The summed E-state index contributed by atoms with van der Waals surface area (Å²) in [4.78, 5) is 26.9. The molecule has 1 aliphatic carbocycles. The molecule has 0 saturated heterocycles. The lowest BCUT2D eigenvalue weighted by Gasteiger charge is -2.21. The molecule has 1 saturated carbocycles. The van der Waals surface area contributed by atoms with Crippen molar-refractivity contribution in [1.29, 1.82) is 0 Å². The first kappa shape index (κ1) is 19.6. The first-order valence-corrected chi connectivity index (χ1v) is 11.1. The summed E-state index contributed by atoms with van der Waals surface area (Å²) in [5.41, 5.74) is 2.00. The Morgan fingerprint density at radius 1 is 1.14 bits per heavy atom.